The summed E-state index contributed by atoms with van der Waals surface area (Å²) in [5, 5.41) is 9.64. The van der Waals surface area contributed by atoms with E-state index in [1.165, 1.54) is 24.0 Å². The molecule has 1 rings (SSSR count). The van der Waals surface area contributed by atoms with Crippen LogP contribution in [0.1, 0.15) is 43.4 Å². The fraction of sp³-hybridized carbons (Fsp3) is 0.538. The van der Waals surface area contributed by atoms with Crippen LogP contribution in [0.3, 0.4) is 0 Å². The van der Waals surface area contributed by atoms with Gasteiger partial charge in [0.1, 0.15) is 5.75 Å². The number of phenols is 1. The summed E-state index contributed by atoms with van der Waals surface area (Å²) >= 11 is 0. The number of unbranched alkanes of at least 4 members (excludes halogenated alkanes) is 1. The highest BCUT2D eigenvalue weighted by molar-refractivity contribution is 5.43. The Labute approximate surface area is 86.8 Å². The van der Waals surface area contributed by atoms with Crippen LogP contribution in [0.15, 0.2) is 12.1 Å². The number of aromatic hydroxyl groups is 1. The predicted molar refractivity (Wildman–Crippen MR) is 60.8 cm³/mol. The van der Waals surface area contributed by atoms with Gasteiger partial charge in [0.05, 0.1) is 0 Å². The summed E-state index contributed by atoms with van der Waals surface area (Å²) in [4.78, 5) is 0. The summed E-state index contributed by atoms with van der Waals surface area (Å²) in [6.45, 7) is 6.41. The highest BCUT2D eigenvalue weighted by Gasteiger charge is 2.06. The monoisotopic (exact) mass is 192 g/mol. The second-order valence-corrected chi connectivity index (χ2v) is 3.80. The highest BCUT2D eigenvalue weighted by Crippen LogP contribution is 2.25. The van der Waals surface area contributed by atoms with E-state index in [4.69, 9.17) is 0 Å². The molecule has 0 aliphatic rings. The number of aryl methyl sites for hydroxylation is 1. The molecular formula is C13H20O. The van der Waals surface area contributed by atoms with E-state index in [9.17, 15) is 5.11 Å². The van der Waals surface area contributed by atoms with Crippen LogP contribution in [-0.4, -0.2) is 5.11 Å². The third-order valence-corrected chi connectivity index (χ3v) is 2.84. The van der Waals surface area contributed by atoms with Crippen LogP contribution in [0.5, 0.6) is 5.75 Å². The van der Waals surface area contributed by atoms with E-state index >= 15 is 0 Å². The molecule has 0 bridgehead atoms. The van der Waals surface area contributed by atoms with E-state index in [0.717, 1.165) is 18.4 Å². The van der Waals surface area contributed by atoms with Gasteiger partial charge in [-0.2, -0.15) is 0 Å². The summed E-state index contributed by atoms with van der Waals surface area (Å²) < 4.78 is 0. The molecule has 1 nitrogen and oxygen atoms in total. The summed E-state index contributed by atoms with van der Waals surface area (Å²) in [5.74, 6) is 0.449. The number of benzene rings is 1. The van der Waals surface area contributed by atoms with Crippen LogP contribution >= 0.6 is 0 Å². The fourth-order valence-electron chi connectivity index (χ4n) is 1.88. The van der Waals surface area contributed by atoms with Crippen LogP contribution < -0.4 is 0 Å². The van der Waals surface area contributed by atoms with Crippen LogP contribution in [0.4, 0.5) is 0 Å². The van der Waals surface area contributed by atoms with Gasteiger partial charge >= 0.3 is 0 Å². The molecule has 0 saturated carbocycles. The largest absolute Gasteiger partial charge is 0.508 e. The van der Waals surface area contributed by atoms with Crippen LogP contribution in [-0.2, 0) is 12.8 Å². The average Bonchev–Trinajstić information content (AvgIpc) is 2.18. The zero-order valence-electron chi connectivity index (χ0n) is 9.43. The van der Waals surface area contributed by atoms with Crippen molar-refractivity contribution in [2.24, 2.45) is 0 Å². The Morgan fingerprint density at radius 3 is 2.50 bits per heavy atom. The van der Waals surface area contributed by atoms with Crippen molar-refractivity contribution in [3.05, 3.63) is 28.8 Å². The smallest absolute Gasteiger partial charge is 0.119 e. The lowest BCUT2D eigenvalue weighted by Gasteiger charge is -2.11. The molecule has 0 radical (unpaired) electrons. The topological polar surface area (TPSA) is 20.2 Å². The van der Waals surface area contributed by atoms with Crippen molar-refractivity contribution in [3.8, 4) is 5.75 Å². The number of hydrogen-bond acceptors (Lipinski definition) is 1. The van der Waals surface area contributed by atoms with Gasteiger partial charge in [0.25, 0.3) is 0 Å². The molecule has 0 unspecified atom stereocenters. The van der Waals surface area contributed by atoms with Gasteiger partial charge in [-0.1, -0.05) is 26.3 Å². The Morgan fingerprint density at radius 1 is 1.21 bits per heavy atom. The highest BCUT2D eigenvalue weighted by atomic mass is 16.3. The average molecular weight is 192 g/mol. The van der Waals surface area contributed by atoms with Gasteiger partial charge < -0.3 is 5.11 Å². The maximum absolute atomic E-state index is 9.64. The van der Waals surface area contributed by atoms with Crippen molar-refractivity contribution >= 4 is 0 Å². The van der Waals surface area contributed by atoms with E-state index in [1.54, 1.807) is 0 Å². The molecule has 0 atom stereocenters. The van der Waals surface area contributed by atoms with Gasteiger partial charge in [-0.3, -0.25) is 0 Å². The standard InChI is InChI=1S/C13H20O/c1-4-6-7-11-8-9-13(14)12(5-2)10(11)3/h8-9,14H,4-7H2,1-3H3. The van der Waals surface area contributed by atoms with Crippen molar-refractivity contribution in [2.45, 2.75) is 46.5 Å². The molecule has 0 fully saturated rings. The summed E-state index contributed by atoms with van der Waals surface area (Å²) in [5.41, 5.74) is 3.78. The van der Waals surface area contributed by atoms with Crippen LogP contribution in [0, 0.1) is 6.92 Å². The minimum Gasteiger partial charge on any atom is -0.508 e. The first-order chi connectivity index (χ1) is 6.70. The second-order valence-electron chi connectivity index (χ2n) is 3.80. The minimum atomic E-state index is 0.449. The first kappa shape index (κ1) is 11.1. The second kappa shape index (κ2) is 5.04. The lowest BCUT2D eigenvalue weighted by Crippen LogP contribution is -1.95. The Kier molecular flexibility index (Phi) is 3.99. The SMILES string of the molecule is CCCCc1ccc(O)c(CC)c1C. The number of rotatable bonds is 4. The van der Waals surface area contributed by atoms with Gasteiger partial charge in [-0.15, -0.1) is 0 Å². The van der Waals surface area contributed by atoms with Crippen molar-refractivity contribution in [3.63, 3.8) is 0 Å². The van der Waals surface area contributed by atoms with E-state index < -0.39 is 0 Å². The lowest BCUT2D eigenvalue weighted by molar-refractivity contribution is 0.467. The van der Waals surface area contributed by atoms with Crippen LogP contribution in [0.2, 0.25) is 0 Å². The maximum atomic E-state index is 9.64. The van der Waals surface area contributed by atoms with E-state index in [-0.39, 0.29) is 0 Å². The Bertz CT molecular complexity index is 302. The molecule has 0 aliphatic carbocycles. The minimum absolute atomic E-state index is 0.449. The van der Waals surface area contributed by atoms with Crippen molar-refractivity contribution in [1.82, 2.24) is 0 Å². The molecule has 0 saturated heterocycles. The molecule has 1 aromatic rings. The van der Waals surface area contributed by atoms with E-state index in [1.807, 2.05) is 6.07 Å². The normalized spacial score (nSPS) is 10.5. The Balaban J connectivity index is 2.96. The summed E-state index contributed by atoms with van der Waals surface area (Å²) in [6, 6.07) is 3.89. The Morgan fingerprint density at radius 2 is 1.93 bits per heavy atom. The van der Waals surface area contributed by atoms with Gasteiger partial charge in [0, 0.05) is 0 Å². The summed E-state index contributed by atoms with van der Waals surface area (Å²) in [7, 11) is 0. The number of phenolic OH excluding ortho intramolecular Hbond substituents is 1. The molecular weight excluding hydrogens is 172 g/mol. The molecule has 0 heterocycles. The molecule has 1 heteroatoms. The zero-order valence-corrected chi connectivity index (χ0v) is 9.43. The van der Waals surface area contributed by atoms with Crippen molar-refractivity contribution < 1.29 is 5.11 Å². The van der Waals surface area contributed by atoms with Gasteiger partial charge in [-0.05, 0) is 48.9 Å². The molecule has 14 heavy (non-hydrogen) atoms. The summed E-state index contributed by atoms with van der Waals surface area (Å²) in [6.07, 6.45) is 4.50. The Hall–Kier alpha value is -0.980. The van der Waals surface area contributed by atoms with Gasteiger partial charge in [0.15, 0.2) is 0 Å². The first-order valence-electron chi connectivity index (χ1n) is 5.51. The molecule has 0 spiro atoms. The fourth-order valence-corrected chi connectivity index (χ4v) is 1.88. The quantitative estimate of drug-likeness (QED) is 0.772. The molecule has 1 N–H and O–H groups in total. The molecule has 78 valence electrons. The lowest BCUT2D eigenvalue weighted by atomic mass is 9.96. The third kappa shape index (κ3) is 2.28. The maximum Gasteiger partial charge on any atom is 0.119 e. The van der Waals surface area contributed by atoms with E-state index in [2.05, 4.69) is 26.8 Å². The zero-order chi connectivity index (χ0) is 10.6. The van der Waals surface area contributed by atoms with Gasteiger partial charge in [0.2, 0.25) is 0 Å². The van der Waals surface area contributed by atoms with Crippen molar-refractivity contribution in [1.29, 1.82) is 0 Å². The van der Waals surface area contributed by atoms with Crippen LogP contribution in [0.25, 0.3) is 0 Å². The number of hydrogen-bond donors (Lipinski definition) is 1. The molecule has 0 aliphatic heterocycles. The van der Waals surface area contributed by atoms with Crippen molar-refractivity contribution in [2.75, 3.05) is 0 Å². The molecule has 0 amide bonds. The first-order valence-corrected chi connectivity index (χ1v) is 5.51. The van der Waals surface area contributed by atoms with E-state index in [0.29, 0.717) is 5.75 Å². The third-order valence-electron chi connectivity index (χ3n) is 2.84. The predicted octanol–water partition coefficient (Wildman–Crippen LogP) is 3.61. The molecule has 0 aromatic heterocycles. The molecule has 1 aromatic carbocycles. The van der Waals surface area contributed by atoms with Gasteiger partial charge in [-0.25, -0.2) is 0 Å².